The molecule has 0 aliphatic heterocycles. The zero-order chi connectivity index (χ0) is 10.6. The molecule has 0 aliphatic carbocycles. The Morgan fingerprint density at radius 3 is 2.43 bits per heavy atom. The second-order valence-corrected chi connectivity index (χ2v) is 5.36. The summed E-state index contributed by atoms with van der Waals surface area (Å²) in [6, 6.07) is 6.44. The van der Waals surface area contributed by atoms with Crippen LogP contribution in [-0.4, -0.2) is 25.5 Å². The second kappa shape index (κ2) is 5.89. The lowest BCUT2D eigenvalue weighted by molar-refractivity contribution is 0.400. The zero-order valence-electron chi connectivity index (χ0n) is 8.56. The molecule has 0 unspecified atom stereocenters. The summed E-state index contributed by atoms with van der Waals surface area (Å²) in [4.78, 5) is 2.22. The Bertz CT molecular complexity index is 297. The van der Waals surface area contributed by atoms with Gasteiger partial charge in [-0.25, -0.2) is 0 Å². The topological polar surface area (TPSA) is 3.24 Å². The highest BCUT2D eigenvalue weighted by atomic mass is 79.9. The van der Waals surface area contributed by atoms with Crippen LogP contribution in [0.2, 0.25) is 0 Å². The third-order valence-electron chi connectivity index (χ3n) is 2.05. The average molecular weight is 321 g/mol. The van der Waals surface area contributed by atoms with Crippen molar-refractivity contribution in [3.63, 3.8) is 0 Å². The Hall–Kier alpha value is 0.140. The van der Waals surface area contributed by atoms with E-state index < -0.39 is 0 Å². The number of halogens is 2. The number of rotatable bonds is 4. The normalized spacial score (nSPS) is 10.9. The lowest BCUT2D eigenvalue weighted by atomic mass is 10.1. The summed E-state index contributed by atoms with van der Waals surface area (Å²) in [7, 11) is 4.22. The third-order valence-corrected chi connectivity index (χ3v) is 3.93. The molecule has 78 valence electrons. The van der Waals surface area contributed by atoms with E-state index in [0.29, 0.717) is 0 Å². The van der Waals surface area contributed by atoms with Gasteiger partial charge in [-0.2, -0.15) is 0 Å². The molecular weight excluding hydrogens is 306 g/mol. The molecule has 0 atom stereocenters. The summed E-state index contributed by atoms with van der Waals surface area (Å²) in [5, 5.41) is 0. The van der Waals surface area contributed by atoms with Gasteiger partial charge in [-0.3, -0.25) is 0 Å². The molecule has 0 aromatic heterocycles. The number of hydrogen-bond acceptors (Lipinski definition) is 1. The average Bonchev–Trinajstić information content (AvgIpc) is 2.10. The van der Waals surface area contributed by atoms with Gasteiger partial charge in [0, 0.05) is 8.95 Å². The highest BCUT2D eigenvalue weighted by Gasteiger charge is 1.99. The monoisotopic (exact) mass is 319 g/mol. The molecule has 0 N–H and O–H groups in total. The van der Waals surface area contributed by atoms with Gasteiger partial charge in [0.05, 0.1) is 0 Å². The predicted octanol–water partition coefficient (Wildman–Crippen LogP) is 3.71. The van der Waals surface area contributed by atoms with Gasteiger partial charge in [0.2, 0.25) is 0 Å². The molecule has 0 radical (unpaired) electrons. The minimum atomic E-state index is 1.12. The van der Waals surface area contributed by atoms with Crippen LogP contribution >= 0.6 is 31.9 Å². The molecule has 1 aromatic rings. The smallest absolute Gasteiger partial charge is 0.0320 e. The van der Waals surface area contributed by atoms with Crippen molar-refractivity contribution in [1.29, 1.82) is 0 Å². The Morgan fingerprint density at radius 2 is 1.86 bits per heavy atom. The van der Waals surface area contributed by atoms with E-state index in [0.717, 1.165) is 21.9 Å². The van der Waals surface area contributed by atoms with Crippen molar-refractivity contribution in [2.24, 2.45) is 0 Å². The number of nitrogens with zero attached hydrogens (tertiary/aromatic N) is 1. The van der Waals surface area contributed by atoms with Crippen molar-refractivity contribution < 1.29 is 0 Å². The van der Waals surface area contributed by atoms with E-state index in [-0.39, 0.29) is 0 Å². The summed E-state index contributed by atoms with van der Waals surface area (Å²) in [5.74, 6) is 0. The van der Waals surface area contributed by atoms with Crippen LogP contribution in [0.5, 0.6) is 0 Å². The van der Waals surface area contributed by atoms with Gasteiger partial charge in [-0.15, -0.1) is 0 Å². The summed E-state index contributed by atoms with van der Waals surface area (Å²) >= 11 is 6.98. The van der Waals surface area contributed by atoms with Crippen LogP contribution in [0.1, 0.15) is 12.0 Å². The molecule has 0 amide bonds. The molecule has 0 heterocycles. The van der Waals surface area contributed by atoms with Gasteiger partial charge >= 0.3 is 0 Å². The van der Waals surface area contributed by atoms with E-state index in [1.54, 1.807) is 0 Å². The first-order valence-corrected chi connectivity index (χ1v) is 6.27. The second-order valence-electron chi connectivity index (χ2n) is 3.66. The zero-order valence-corrected chi connectivity index (χ0v) is 11.7. The minimum Gasteiger partial charge on any atom is -0.309 e. The lowest BCUT2D eigenvalue weighted by Crippen LogP contribution is -2.13. The fourth-order valence-corrected chi connectivity index (χ4v) is 1.97. The lowest BCUT2D eigenvalue weighted by Gasteiger charge is -2.09. The Balaban J connectivity index is 2.47. The minimum absolute atomic E-state index is 1.12. The highest BCUT2D eigenvalue weighted by molar-refractivity contribution is 9.13. The quantitative estimate of drug-likeness (QED) is 0.817. The standard InChI is InChI=1S/C11H15Br2N/c1-14(2)7-3-4-9-5-6-10(12)11(13)8-9/h5-6,8H,3-4,7H2,1-2H3. The summed E-state index contributed by atoms with van der Waals surface area (Å²) < 4.78 is 2.26. The van der Waals surface area contributed by atoms with Crippen molar-refractivity contribution in [1.82, 2.24) is 4.90 Å². The number of benzene rings is 1. The van der Waals surface area contributed by atoms with Crippen molar-refractivity contribution in [3.05, 3.63) is 32.7 Å². The fourth-order valence-electron chi connectivity index (χ4n) is 1.29. The molecule has 1 aromatic carbocycles. The third kappa shape index (κ3) is 4.11. The maximum absolute atomic E-state index is 3.51. The summed E-state index contributed by atoms with van der Waals surface area (Å²) in [6.45, 7) is 1.15. The molecule has 0 spiro atoms. The van der Waals surface area contributed by atoms with Gasteiger partial charge in [0.1, 0.15) is 0 Å². The first kappa shape index (κ1) is 12.2. The summed E-state index contributed by atoms with van der Waals surface area (Å²) in [6.07, 6.45) is 2.35. The van der Waals surface area contributed by atoms with Crippen LogP contribution in [0.3, 0.4) is 0 Å². The molecule has 3 heteroatoms. The molecule has 0 saturated carbocycles. The number of hydrogen-bond donors (Lipinski definition) is 0. The molecule has 0 fully saturated rings. The first-order valence-electron chi connectivity index (χ1n) is 4.68. The Morgan fingerprint density at radius 1 is 1.14 bits per heavy atom. The molecule has 14 heavy (non-hydrogen) atoms. The van der Waals surface area contributed by atoms with E-state index in [1.807, 2.05) is 0 Å². The molecule has 0 bridgehead atoms. The maximum Gasteiger partial charge on any atom is 0.0320 e. The van der Waals surface area contributed by atoms with Gasteiger partial charge in [0.15, 0.2) is 0 Å². The number of aryl methyl sites for hydroxylation is 1. The maximum atomic E-state index is 3.51. The van der Waals surface area contributed by atoms with Crippen LogP contribution in [0.15, 0.2) is 27.1 Å². The van der Waals surface area contributed by atoms with Crippen LogP contribution in [0.4, 0.5) is 0 Å². The van der Waals surface area contributed by atoms with Crippen molar-refractivity contribution in [2.45, 2.75) is 12.8 Å². The van der Waals surface area contributed by atoms with Crippen molar-refractivity contribution in [2.75, 3.05) is 20.6 Å². The Labute approximate surface area is 103 Å². The van der Waals surface area contributed by atoms with Gasteiger partial charge in [-0.05, 0) is 83.0 Å². The van der Waals surface area contributed by atoms with E-state index in [1.165, 1.54) is 12.0 Å². The van der Waals surface area contributed by atoms with E-state index in [9.17, 15) is 0 Å². The van der Waals surface area contributed by atoms with Gasteiger partial charge in [0.25, 0.3) is 0 Å². The summed E-state index contributed by atoms with van der Waals surface area (Å²) in [5.41, 5.74) is 1.39. The van der Waals surface area contributed by atoms with Crippen LogP contribution in [0, 0.1) is 0 Å². The van der Waals surface area contributed by atoms with Gasteiger partial charge < -0.3 is 4.90 Å². The molecule has 0 saturated heterocycles. The largest absolute Gasteiger partial charge is 0.309 e. The molecule has 1 rings (SSSR count). The Kier molecular flexibility index (Phi) is 5.13. The van der Waals surface area contributed by atoms with Crippen molar-refractivity contribution in [3.8, 4) is 0 Å². The van der Waals surface area contributed by atoms with Gasteiger partial charge in [-0.1, -0.05) is 6.07 Å². The van der Waals surface area contributed by atoms with Crippen LogP contribution < -0.4 is 0 Å². The van der Waals surface area contributed by atoms with E-state index >= 15 is 0 Å². The van der Waals surface area contributed by atoms with Crippen LogP contribution in [0.25, 0.3) is 0 Å². The molecule has 1 nitrogen and oxygen atoms in total. The molecule has 0 aliphatic rings. The van der Waals surface area contributed by atoms with E-state index in [4.69, 9.17) is 0 Å². The molecular formula is C11H15Br2N. The van der Waals surface area contributed by atoms with Crippen LogP contribution in [-0.2, 0) is 6.42 Å². The SMILES string of the molecule is CN(C)CCCc1ccc(Br)c(Br)c1. The fraction of sp³-hybridized carbons (Fsp3) is 0.455. The van der Waals surface area contributed by atoms with E-state index in [2.05, 4.69) is 69.1 Å². The first-order chi connectivity index (χ1) is 6.59. The van der Waals surface area contributed by atoms with Crippen molar-refractivity contribution >= 4 is 31.9 Å². The highest BCUT2D eigenvalue weighted by Crippen LogP contribution is 2.24. The predicted molar refractivity (Wildman–Crippen MR) is 68.7 cm³/mol.